The van der Waals surface area contributed by atoms with Crippen LogP contribution < -0.4 is 10.1 Å². The largest absolute Gasteiger partial charge is 0.495 e. The van der Waals surface area contributed by atoms with Gasteiger partial charge < -0.3 is 10.1 Å². The maximum atomic E-state index is 5.23. The number of rotatable bonds is 3. The van der Waals surface area contributed by atoms with Crippen molar-refractivity contribution in [1.29, 1.82) is 0 Å². The zero-order valence-electron chi connectivity index (χ0n) is 9.27. The van der Waals surface area contributed by atoms with Crippen molar-refractivity contribution < 1.29 is 4.74 Å². The van der Waals surface area contributed by atoms with Crippen LogP contribution in [0.1, 0.15) is 5.69 Å². The predicted molar refractivity (Wildman–Crippen MR) is 63.0 cm³/mol. The molecule has 0 aliphatic rings. The van der Waals surface area contributed by atoms with E-state index in [1.54, 1.807) is 13.3 Å². The first kappa shape index (κ1) is 10.4. The van der Waals surface area contributed by atoms with Gasteiger partial charge in [-0.15, -0.1) is 0 Å². The Morgan fingerprint density at radius 2 is 2.00 bits per heavy atom. The van der Waals surface area contributed by atoms with Gasteiger partial charge in [-0.3, -0.25) is 0 Å². The fourth-order valence-electron chi connectivity index (χ4n) is 1.38. The molecule has 0 unspecified atom stereocenters. The third-order valence-corrected chi connectivity index (χ3v) is 2.15. The molecule has 0 aliphatic heterocycles. The van der Waals surface area contributed by atoms with Crippen molar-refractivity contribution in [2.24, 2.45) is 0 Å². The van der Waals surface area contributed by atoms with Gasteiger partial charge in [0.25, 0.3) is 0 Å². The molecule has 0 radical (unpaired) electrons. The number of nitrogens with one attached hydrogen (secondary N) is 1. The van der Waals surface area contributed by atoms with Crippen molar-refractivity contribution in [3.63, 3.8) is 0 Å². The van der Waals surface area contributed by atoms with Crippen LogP contribution in [0, 0.1) is 6.92 Å². The number of methoxy groups -OCH3 is 1. The summed E-state index contributed by atoms with van der Waals surface area (Å²) in [4.78, 5) is 8.40. The smallest absolute Gasteiger partial charge is 0.227 e. The van der Waals surface area contributed by atoms with E-state index in [2.05, 4.69) is 15.3 Å². The van der Waals surface area contributed by atoms with Gasteiger partial charge in [-0.2, -0.15) is 0 Å². The molecule has 16 heavy (non-hydrogen) atoms. The zero-order valence-corrected chi connectivity index (χ0v) is 9.27. The van der Waals surface area contributed by atoms with Crippen LogP contribution in [0.2, 0.25) is 0 Å². The number of benzene rings is 1. The van der Waals surface area contributed by atoms with Crippen LogP contribution in [0.5, 0.6) is 5.75 Å². The molecule has 0 aliphatic carbocycles. The third kappa shape index (κ3) is 2.28. The molecule has 0 fully saturated rings. The Morgan fingerprint density at radius 3 is 2.75 bits per heavy atom. The molecule has 2 rings (SSSR count). The SMILES string of the molecule is COc1ccccc1Nc1nccc(C)n1. The number of nitrogens with zero attached hydrogens (tertiary/aromatic N) is 2. The highest BCUT2D eigenvalue weighted by Crippen LogP contribution is 2.25. The molecule has 0 bridgehead atoms. The van der Waals surface area contributed by atoms with Gasteiger partial charge in [-0.1, -0.05) is 12.1 Å². The van der Waals surface area contributed by atoms with E-state index in [4.69, 9.17) is 4.74 Å². The Hall–Kier alpha value is -2.10. The molecule has 0 saturated heterocycles. The first-order valence-electron chi connectivity index (χ1n) is 4.99. The van der Waals surface area contributed by atoms with Crippen LogP contribution in [0.3, 0.4) is 0 Å². The van der Waals surface area contributed by atoms with E-state index in [1.165, 1.54) is 0 Å². The van der Waals surface area contributed by atoms with E-state index >= 15 is 0 Å². The Morgan fingerprint density at radius 1 is 1.19 bits per heavy atom. The van der Waals surface area contributed by atoms with Gasteiger partial charge >= 0.3 is 0 Å². The second-order valence-corrected chi connectivity index (χ2v) is 3.35. The number of hydrogen-bond donors (Lipinski definition) is 1. The lowest BCUT2D eigenvalue weighted by molar-refractivity contribution is 0.417. The molecule has 0 saturated carbocycles. The van der Waals surface area contributed by atoms with Crippen molar-refractivity contribution in [2.45, 2.75) is 6.92 Å². The summed E-state index contributed by atoms with van der Waals surface area (Å²) in [5.41, 5.74) is 1.78. The monoisotopic (exact) mass is 215 g/mol. The molecular formula is C12H13N3O. The molecular weight excluding hydrogens is 202 g/mol. The molecule has 4 heteroatoms. The predicted octanol–water partition coefficient (Wildman–Crippen LogP) is 2.54. The fourth-order valence-corrected chi connectivity index (χ4v) is 1.38. The molecule has 0 spiro atoms. The van der Waals surface area contributed by atoms with E-state index < -0.39 is 0 Å². The lowest BCUT2D eigenvalue weighted by Crippen LogP contribution is -1.99. The lowest BCUT2D eigenvalue weighted by atomic mass is 10.3. The van der Waals surface area contributed by atoms with Gasteiger partial charge in [0.1, 0.15) is 5.75 Å². The first-order valence-corrected chi connectivity index (χ1v) is 4.99. The van der Waals surface area contributed by atoms with E-state index in [0.717, 1.165) is 17.1 Å². The number of hydrogen-bond acceptors (Lipinski definition) is 4. The van der Waals surface area contributed by atoms with Crippen molar-refractivity contribution in [2.75, 3.05) is 12.4 Å². The van der Waals surface area contributed by atoms with Crippen LogP contribution in [-0.2, 0) is 0 Å². The molecule has 0 atom stereocenters. The number of anilines is 2. The van der Waals surface area contributed by atoms with Crippen LogP contribution in [0.25, 0.3) is 0 Å². The average molecular weight is 215 g/mol. The van der Waals surface area contributed by atoms with Gasteiger partial charge in [0.15, 0.2) is 0 Å². The molecule has 82 valence electrons. The topological polar surface area (TPSA) is 47.0 Å². The molecule has 0 amide bonds. The highest BCUT2D eigenvalue weighted by Gasteiger charge is 2.03. The van der Waals surface area contributed by atoms with Crippen LogP contribution in [0.15, 0.2) is 36.5 Å². The van der Waals surface area contributed by atoms with E-state index in [1.807, 2.05) is 37.3 Å². The normalized spacial score (nSPS) is 9.88. The Labute approximate surface area is 94.3 Å². The number of para-hydroxylation sites is 2. The maximum Gasteiger partial charge on any atom is 0.227 e. The summed E-state index contributed by atoms with van der Waals surface area (Å²) in [7, 11) is 1.64. The lowest BCUT2D eigenvalue weighted by Gasteiger charge is -2.09. The summed E-state index contributed by atoms with van der Waals surface area (Å²) in [5, 5.41) is 3.12. The highest BCUT2D eigenvalue weighted by atomic mass is 16.5. The standard InChI is InChI=1S/C12H13N3O/c1-9-7-8-13-12(14-9)15-10-5-3-4-6-11(10)16-2/h3-8H,1-2H3,(H,13,14,15). The minimum Gasteiger partial charge on any atom is -0.495 e. The number of aromatic nitrogens is 2. The Kier molecular flexibility index (Phi) is 3.00. The third-order valence-electron chi connectivity index (χ3n) is 2.15. The molecule has 2 aromatic rings. The van der Waals surface area contributed by atoms with Crippen LogP contribution in [0.4, 0.5) is 11.6 Å². The van der Waals surface area contributed by atoms with Crippen molar-refractivity contribution in [3.05, 3.63) is 42.2 Å². The van der Waals surface area contributed by atoms with Gasteiger partial charge in [0, 0.05) is 11.9 Å². The maximum absolute atomic E-state index is 5.23. The second kappa shape index (κ2) is 4.61. The van der Waals surface area contributed by atoms with Crippen molar-refractivity contribution in [3.8, 4) is 5.75 Å². The van der Waals surface area contributed by atoms with E-state index in [0.29, 0.717) is 5.95 Å². The summed E-state index contributed by atoms with van der Waals surface area (Å²) in [5.74, 6) is 1.34. The quantitative estimate of drug-likeness (QED) is 0.854. The van der Waals surface area contributed by atoms with Crippen LogP contribution in [-0.4, -0.2) is 17.1 Å². The number of ether oxygens (including phenoxy) is 1. The van der Waals surface area contributed by atoms with E-state index in [9.17, 15) is 0 Å². The van der Waals surface area contributed by atoms with Crippen LogP contribution >= 0.6 is 0 Å². The highest BCUT2D eigenvalue weighted by molar-refractivity contribution is 5.62. The van der Waals surface area contributed by atoms with Gasteiger partial charge in [0.2, 0.25) is 5.95 Å². The Balaban J connectivity index is 2.26. The second-order valence-electron chi connectivity index (χ2n) is 3.35. The number of aryl methyl sites for hydroxylation is 1. The molecule has 1 heterocycles. The zero-order chi connectivity index (χ0) is 11.4. The van der Waals surface area contributed by atoms with Gasteiger partial charge in [-0.25, -0.2) is 9.97 Å². The summed E-state index contributed by atoms with van der Waals surface area (Å²) < 4.78 is 5.23. The van der Waals surface area contributed by atoms with E-state index in [-0.39, 0.29) is 0 Å². The van der Waals surface area contributed by atoms with Gasteiger partial charge in [-0.05, 0) is 25.1 Å². The summed E-state index contributed by atoms with van der Waals surface area (Å²) in [6.45, 7) is 1.93. The Bertz CT molecular complexity index is 485. The molecule has 1 aromatic carbocycles. The van der Waals surface area contributed by atoms with Crippen molar-refractivity contribution >= 4 is 11.6 Å². The van der Waals surface area contributed by atoms with Gasteiger partial charge in [0.05, 0.1) is 12.8 Å². The van der Waals surface area contributed by atoms with Crippen molar-refractivity contribution in [1.82, 2.24) is 9.97 Å². The summed E-state index contributed by atoms with van der Waals surface area (Å²) >= 11 is 0. The summed E-state index contributed by atoms with van der Waals surface area (Å²) in [6.07, 6.45) is 1.72. The minimum absolute atomic E-state index is 0.574. The average Bonchev–Trinajstić information content (AvgIpc) is 2.30. The molecule has 1 N–H and O–H groups in total. The molecule has 4 nitrogen and oxygen atoms in total. The summed E-state index contributed by atoms with van der Waals surface area (Å²) in [6, 6.07) is 9.51. The first-order chi connectivity index (χ1) is 7.79. The molecule has 1 aromatic heterocycles. The minimum atomic E-state index is 0.574. The fraction of sp³-hybridized carbons (Fsp3) is 0.167.